The Morgan fingerprint density at radius 1 is 1.23 bits per heavy atom. The molecule has 0 unspecified atom stereocenters. The number of hydrogen-bond donors (Lipinski definition) is 1. The first-order valence-corrected chi connectivity index (χ1v) is 11.1. The SMILES string of the molecule is Cc1ccc(C)c(OCc2nnc(SCC(=O)N[C@H]3CCCc4ccccc43)o2)c1. The summed E-state index contributed by atoms with van der Waals surface area (Å²) < 4.78 is 11.4. The number of rotatable bonds is 7. The van der Waals surface area contributed by atoms with Gasteiger partial charge >= 0.3 is 0 Å². The first-order valence-electron chi connectivity index (χ1n) is 10.1. The predicted molar refractivity (Wildman–Crippen MR) is 116 cm³/mol. The van der Waals surface area contributed by atoms with Crippen LogP contribution < -0.4 is 10.1 Å². The van der Waals surface area contributed by atoms with E-state index in [4.69, 9.17) is 9.15 Å². The second-order valence-electron chi connectivity index (χ2n) is 7.52. The zero-order valence-electron chi connectivity index (χ0n) is 17.2. The average molecular weight is 424 g/mol. The molecule has 6 nitrogen and oxygen atoms in total. The molecule has 0 saturated heterocycles. The minimum absolute atomic E-state index is 0.0342. The van der Waals surface area contributed by atoms with E-state index in [9.17, 15) is 4.79 Å². The molecule has 1 aliphatic carbocycles. The molecule has 156 valence electrons. The zero-order valence-corrected chi connectivity index (χ0v) is 18.0. The number of hydrogen-bond acceptors (Lipinski definition) is 6. The molecule has 1 amide bonds. The lowest BCUT2D eigenvalue weighted by Gasteiger charge is -2.26. The van der Waals surface area contributed by atoms with E-state index in [1.807, 2.05) is 38.1 Å². The maximum absolute atomic E-state index is 12.4. The molecule has 30 heavy (non-hydrogen) atoms. The van der Waals surface area contributed by atoms with Gasteiger partial charge in [-0.3, -0.25) is 4.79 Å². The summed E-state index contributed by atoms with van der Waals surface area (Å²) >= 11 is 1.24. The summed E-state index contributed by atoms with van der Waals surface area (Å²) in [6.45, 7) is 4.21. The predicted octanol–water partition coefficient (Wildman–Crippen LogP) is 4.55. The molecule has 4 rings (SSSR count). The highest BCUT2D eigenvalue weighted by Gasteiger charge is 2.21. The molecule has 1 atom stereocenters. The zero-order chi connectivity index (χ0) is 20.9. The highest BCUT2D eigenvalue weighted by molar-refractivity contribution is 7.99. The number of aryl methyl sites for hydroxylation is 3. The Labute approximate surface area is 180 Å². The summed E-state index contributed by atoms with van der Waals surface area (Å²) in [6.07, 6.45) is 3.13. The first-order chi connectivity index (χ1) is 14.6. The van der Waals surface area contributed by atoms with Crippen molar-refractivity contribution in [3.63, 3.8) is 0 Å². The lowest BCUT2D eigenvalue weighted by atomic mass is 9.88. The van der Waals surface area contributed by atoms with Crippen molar-refractivity contribution in [3.05, 3.63) is 70.6 Å². The van der Waals surface area contributed by atoms with Crippen LogP contribution >= 0.6 is 11.8 Å². The fourth-order valence-electron chi connectivity index (χ4n) is 3.62. The lowest BCUT2D eigenvalue weighted by Crippen LogP contribution is -2.32. The van der Waals surface area contributed by atoms with Crippen molar-refractivity contribution in [2.24, 2.45) is 0 Å². The van der Waals surface area contributed by atoms with Crippen molar-refractivity contribution < 1.29 is 13.9 Å². The maximum atomic E-state index is 12.4. The molecule has 3 aromatic rings. The van der Waals surface area contributed by atoms with Crippen molar-refractivity contribution in [1.82, 2.24) is 15.5 Å². The number of thioether (sulfide) groups is 1. The van der Waals surface area contributed by atoms with E-state index in [-0.39, 0.29) is 24.3 Å². The first kappa shape index (κ1) is 20.5. The van der Waals surface area contributed by atoms with Gasteiger partial charge in [-0.05, 0) is 61.4 Å². The molecule has 1 aliphatic rings. The molecular weight excluding hydrogens is 398 g/mol. The summed E-state index contributed by atoms with van der Waals surface area (Å²) in [4.78, 5) is 12.4. The van der Waals surface area contributed by atoms with Crippen molar-refractivity contribution in [2.45, 2.75) is 51.0 Å². The largest absolute Gasteiger partial charge is 0.484 e. The summed E-state index contributed by atoms with van der Waals surface area (Å²) in [7, 11) is 0. The van der Waals surface area contributed by atoms with Crippen LogP contribution in [-0.2, 0) is 17.8 Å². The van der Waals surface area contributed by atoms with Gasteiger partial charge in [0, 0.05) is 0 Å². The third-order valence-corrected chi connectivity index (χ3v) is 5.99. The van der Waals surface area contributed by atoms with Crippen LogP contribution in [0.25, 0.3) is 0 Å². The van der Waals surface area contributed by atoms with Crippen LogP contribution in [0.2, 0.25) is 0 Å². The van der Waals surface area contributed by atoms with Crippen LogP contribution in [-0.4, -0.2) is 21.9 Å². The fraction of sp³-hybridized carbons (Fsp3) is 0.348. The third-order valence-electron chi connectivity index (χ3n) is 5.17. The second kappa shape index (κ2) is 9.34. The van der Waals surface area contributed by atoms with Crippen molar-refractivity contribution >= 4 is 17.7 Å². The molecule has 0 aliphatic heterocycles. The van der Waals surface area contributed by atoms with Gasteiger partial charge in [-0.15, -0.1) is 10.2 Å². The van der Waals surface area contributed by atoms with Crippen molar-refractivity contribution in [3.8, 4) is 5.75 Å². The number of carbonyl (C=O) groups is 1. The van der Waals surface area contributed by atoms with E-state index in [0.717, 1.165) is 36.1 Å². The highest BCUT2D eigenvalue weighted by Crippen LogP contribution is 2.29. The van der Waals surface area contributed by atoms with Crippen LogP contribution in [0.4, 0.5) is 0 Å². The van der Waals surface area contributed by atoms with Crippen molar-refractivity contribution in [2.75, 3.05) is 5.75 Å². The van der Waals surface area contributed by atoms with Gasteiger partial charge in [0.2, 0.25) is 5.91 Å². The Kier molecular flexibility index (Phi) is 6.38. The van der Waals surface area contributed by atoms with Crippen LogP contribution in [0, 0.1) is 13.8 Å². The topological polar surface area (TPSA) is 77.2 Å². The van der Waals surface area contributed by atoms with Gasteiger partial charge in [0.05, 0.1) is 11.8 Å². The van der Waals surface area contributed by atoms with E-state index in [0.29, 0.717) is 11.1 Å². The quantitative estimate of drug-likeness (QED) is 0.562. The van der Waals surface area contributed by atoms with Crippen LogP contribution in [0.15, 0.2) is 52.1 Å². The molecule has 0 radical (unpaired) electrons. The number of fused-ring (bicyclic) bond motifs is 1. The normalized spacial score (nSPS) is 15.5. The Hall–Kier alpha value is -2.80. The summed E-state index contributed by atoms with van der Waals surface area (Å²) in [5.41, 5.74) is 4.73. The number of nitrogens with zero attached hydrogens (tertiary/aromatic N) is 2. The maximum Gasteiger partial charge on any atom is 0.277 e. The van der Waals surface area contributed by atoms with Crippen molar-refractivity contribution in [1.29, 1.82) is 0 Å². The lowest BCUT2D eigenvalue weighted by molar-refractivity contribution is -0.119. The van der Waals surface area contributed by atoms with Gasteiger partial charge < -0.3 is 14.5 Å². The molecule has 0 saturated carbocycles. The summed E-state index contributed by atoms with van der Waals surface area (Å²) in [5, 5.41) is 11.5. The molecule has 2 aromatic carbocycles. The molecule has 7 heteroatoms. The van der Waals surface area contributed by atoms with E-state index in [1.165, 1.54) is 22.9 Å². The Bertz CT molecular complexity index is 1030. The van der Waals surface area contributed by atoms with Gasteiger partial charge in [0.1, 0.15) is 5.75 Å². The van der Waals surface area contributed by atoms with Crippen LogP contribution in [0.5, 0.6) is 5.75 Å². The number of benzene rings is 2. The van der Waals surface area contributed by atoms with Gasteiger partial charge in [0.15, 0.2) is 6.61 Å². The average Bonchev–Trinajstić information content (AvgIpc) is 3.21. The van der Waals surface area contributed by atoms with E-state index < -0.39 is 0 Å². The van der Waals surface area contributed by atoms with E-state index in [1.54, 1.807) is 0 Å². The minimum atomic E-state index is -0.0342. The van der Waals surface area contributed by atoms with Crippen LogP contribution in [0.3, 0.4) is 0 Å². The Morgan fingerprint density at radius 2 is 2.10 bits per heavy atom. The number of carbonyl (C=O) groups excluding carboxylic acids is 1. The third kappa shape index (κ3) is 5.02. The molecule has 0 fully saturated rings. The van der Waals surface area contributed by atoms with Gasteiger partial charge in [-0.2, -0.15) is 0 Å². The number of aromatic nitrogens is 2. The van der Waals surface area contributed by atoms with Gasteiger partial charge in [0.25, 0.3) is 11.1 Å². The molecule has 0 bridgehead atoms. The van der Waals surface area contributed by atoms with E-state index >= 15 is 0 Å². The molecule has 1 N–H and O–H groups in total. The fourth-order valence-corrected chi connectivity index (χ4v) is 4.22. The second-order valence-corrected chi connectivity index (χ2v) is 8.45. The van der Waals surface area contributed by atoms with Crippen LogP contribution in [0.1, 0.15) is 47.0 Å². The number of amides is 1. The minimum Gasteiger partial charge on any atom is -0.484 e. The molecule has 1 aromatic heterocycles. The standard InChI is InChI=1S/C23H25N3O3S/c1-15-10-11-16(2)20(12-15)28-13-22-25-26-23(29-22)30-14-21(27)24-19-9-5-7-17-6-3-4-8-18(17)19/h3-4,6,8,10-12,19H,5,7,9,13-14H2,1-2H3,(H,24,27)/t19-/m0/s1. The monoisotopic (exact) mass is 423 g/mol. The van der Waals surface area contributed by atoms with Gasteiger partial charge in [-0.1, -0.05) is 48.2 Å². The summed E-state index contributed by atoms with van der Waals surface area (Å²) in [5.74, 6) is 1.39. The Morgan fingerprint density at radius 3 is 3.00 bits per heavy atom. The smallest absolute Gasteiger partial charge is 0.277 e. The molecular formula is C23H25N3O3S. The molecule has 0 spiro atoms. The highest BCUT2D eigenvalue weighted by atomic mass is 32.2. The van der Waals surface area contributed by atoms with Gasteiger partial charge in [-0.25, -0.2) is 0 Å². The van der Waals surface area contributed by atoms with E-state index in [2.05, 4.69) is 33.7 Å². The molecule has 1 heterocycles. The summed E-state index contributed by atoms with van der Waals surface area (Å²) in [6, 6.07) is 14.4. The number of nitrogens with one attached hydrogen (secondary N) is 1. The Balaban J connectivity index is 1.27. The number of ether oxygens (including phenoxy) is 1.